The molecule has 0 amide bonds. The number of hydrogen-bond acceptors (Lipinski definition) is 15. The third kappa shape index (κ3) is 4.44. The number of likely N-dealkylation sites (N-methyl/N-ethyl adjacent to an activating group) is 1. The van der Waals surface area contributed by atoms with Crippen LogP contribution in [0.25, 0.3) is 0 Å². The summed E-state index contributed by atoms with van der Waals surface area (Å²) in [5.41, 5.74) is 4.32. The highest BCUT2D eigenvalue weighted by atomic mass is 16.7. The van der Waals surface area contributed by atoms with Gasteiger partial charge in [0.2, 0.25) is 12.6 Å². The molecule has 0 radical (unpaired) electrons. The first kappa shape index (κ1) is 34.7. The molecular weight excluding hydrogens is 714 g/mol. The molecule has 8 atom stereocenters. The Morgan fingerprint density at radius 2 is 1.78 bits per heavy atom. The van der Waals surface area contributed by atoms with Crippen LogP contribution in [0.5, 0.6) is 34.5 Å². The number of rotatable bonds is 4. The highest BCUT2D eigenvalue weighted by Gasteiger charge is 2.67. The van der Waals surface area contributed by atoms with Gasteiger partial charge in [-0.3, -0.25) is 19.9 Å². The van der Waals surface area contributed by atoms with E-state index in [1.807, 2.05) is 18.9 Å². The number of benzene rings is 3. The number of methoxy groups -OCH3 is 3. The van der Waals surface area contributed by atoms with E-state index in [0.717, 1.165) is 22.3 Å². The number of aryl methyl sites for hydroxylation is 1. The van der Waals surface area contributed by atoms with Gasteiger partial charge in [-0.25, -0.2) is 4.79 Å². The zero-order valence-electron chi connectivity index (χ0n) is 31.4. The van der Waals surface area contributed by atoms with Crippen molar-refractivity contribution in [2.75, 3.05) is 48.3 Å². The van der Waals surface area contributed by atoms with Gasteiger partial charge in [-0.15, -0.1) is 0 Å². The smallest absolute Gasteiger partial charge is 0.331 e. The van der Waals surface area contributed by atoms with E-state index in [0.29, 0.717) is 64.6 Å². The number of cyclic esters (lactones) is 1. The molecule has 1 fully saturated rings. The Labute approximate surface area is 316 Å². The predicted molar refractivity (Wildman–Crippen MR) is 190 cm³/mol. The standard InChI is InChI=1S/C40H43N3O12/c1-17-9-20-10-23-37(46)43-24-14-51-38(47)39(21-12-26(48-4)25(45)11-19(21)7-8-41-39)15-40(54-18(2)44)22-13-27-34(53-16-52-27)30(24)29(22)35(55-40)32(43)31(42(23)3)28(20)36(50-6)33(17)49-5/h9,11-13,23-24,31-32,35,37,41,45-46H,7-8,10,14-16H2,1-6H3. The van der Waals surface area contributed by atoms with Crippen molar-refractivity contribution < 1.29 is 57.7 Å². The van der Waals surface area contributed by atoms with Crippen molar-refractivity contribution in [3.63, 3.8) is 0 Å². The molecule has 3 N–H and O–H groups in total. The van der Waals surface area contributed by atoms with Crippen LogP contribution in [0.4, 0.5) is 0 Å². The van der Waals surface area contributed by atoms with Crippen molar-refractivity contribution >= 4 is 11.9 Å². The Kier molecular flexibility index (Phi) is 7.47. The zero-order chi connectivity index (χ0) is 38.3. The van der Waals surface area contributed by atoms with E-state index in [2.05, 4.69) is 16.3 Å². The molecule has 3 aromatic carbocycles. The average Bonchev–Trinajstić information content (AvgIpc) is 3.74. The van der Waals surface area contributed by atoms with Crippen molar-refractivity contribution in [3.8, 4) is 34.5 Å². The first-order chi connectivity index (χ1) is 26.5. The summed E-state index contributed by atoms with van der Waals surface area (Å²) in [5.74, 6) is -0.949. The van der Waals surface area contributed by atoms with Crippen LogP contribution in [0.15, 0.2) is 24.3 Å². The summed E-state index contributed by atoms with van der Waals surface area (Å²) in [5, 5.41) is 26.9. The number of carbonyl (C=O) groups excluding carboxylic acids is 2. The van der Waals surface area contributed by atoms with Crippen LogP contribution >= 0.6 is 0 Å². The molecular formula is C40H43N3O12. The number of nitrogens with one attached hydrogen (secondary N) is 1. The van der Waals surface area contributed by atoms with Gasteiger partial charge in [0.1, 0.15) is 24.5 Å². The number of nitrogens with zero attached hydrogens (tertiary/aromatic N) is 2. The molecule has 1 saturated heterocycles. The molecule has 7 aliphatic rings. The molecule has 1 spiro atoms. The average molecular weight is 758 g/mol. The molecule has 10 rings (SSSR count). The second kappa shape index (κ2) is 11.9. The molecule has 0 aliphatic carbocycles. The summed E-state index contributed by atoms with van der Waals surface area (Å²) < 4.78 is 50.0. The highest BCUT2D eigenvalue weighted by Crippen LogP contribution is 2.66. The fraction of sp³-hybridized carbons (Fsp3) is 0.500. The number of piperazine rings is 1. The van der Waals surface area contributed by atoms with E-state index in [1.165, 1.54) is 14.0 Å². The predicted octanol–water partition coefficient (Wildman–Crippen LogP) is 2.89. The minimum atomic E-state index is -1.88. The van der Waals surface area contributed by atoms with Gasteiger partial charge in [0.25, 0.3) is 0 Å². The van der Waals surface area contributed by atoms with E-state index in [1.54, 1.807) is 32.4 Å². The van der Waals surface area contributed by atoms with Gasteiger partial charge in [0, 0.05) is 35.7 Å². The number of phenols is 1. The number of aliphatic hydroxyl groups excluding tert-OH is 1. The SMILES string of the molecule is COc1cc2c(cc1O)CCNC21CC2(OC(C)=O)OC3c4c2cc2c(c4C(COC1=O)N1C(O)C4Cc5cc(C)c(OC)c(OC)c5C(C31)N4C)OCO2. The third-order valence-electron chi connectivity index (χ3n) is 12.9. The van der Waals surface area contributed by atoms with E-state index in [4.69, 9.17) is 37.9 Å². The van der Waals surface area contributed by atoms with Gasteiger partial charge in [-0.2, -0.15) is 0 Å². The van der Waals surface area contributed by atoms with Gasteiger partial charge in [0.15, 0.2) is 34.5 Å². The lowest BCUT2D eigenvalue weighted by atomic mass is 9.71. The number of ether oxygens (including phenoxy) is 8. The summed E-state index contributed by atoms with van der Waals surface area (Å²) in [4.78, 5) is 32.6. The second-order valence-corrected chi connectivity index (χ2v) is 15.5. The van der Waals surface area contributed by atoms with Crippen molar-refractivity contribution in [1.82, 2.24) is 15.1 Å². The van der Waals surface area contributed by atoms with Gasteiger partial charge in [-0.05, 0) is 67.3 Å². The molecule has 7 aliphatic heterocycles. The molecule has 15 heteroatoms. The van der Waals surface area contributed by atoms with Crippen molar-refractivity contribution in [1.29, 1.82) is 0 Å². The van der Waals surface area contributed by atoms with Gasteiger partial charge >= 0.3 is 11.9 Å². The van der Waals surface area contributed by atoms with Crippen LogP contribution in [-0.2, 0) is 48.0 Å². The number of carbonyl (C=O) groups is 2. The lowest BCUT2D eigenvalue weighted by Gasteiger charge is -2.61. The van der Waals surface area contributed by atoms with E-state index in [-0.39, 0.29) is 37.4 Å². The number of aromatic hydroxyl groups is 1. The maximum atomic E-state index is 15.0. The zero-order valence-corrected chi connectivity index (χ0v) is 31.4. The van der Waals surface area contributed by atoms with Crippen LogP contribution in [0.1, 0.15) is 76.0 Å². The Morgan fingerprint density at radius 1 is 0.982 bits per heavy atom. The minimum Gasteiger partial charge on any atom is -0.504 e. The molecule has 0 aromatic heterocycles. The van der Waals surface area contributed by atoms with Crippen LogP contribution in [0.3, 0.4) is 0 Å². The van der Waals surface area contributed by atoms with Crippen molar-refractivity contribution in [2.24, 2.45) is 0 Å². The van der Waals surface area contributed by atoms with Crippen LogP contribution in [-0.4, -0.2) is 98.6 Å². The molecule has 290 valence electrons. The molecule has 0 saturated carbocycles. The third-order valence-corrected chi connectivity index (χ3v) is 12.9. The van der Waals surface area contributed by atoms with E-state index >= 15 is 4.79 Å². The number of hydrogen-bond donors (Lipinski definition) is 3. The largest absolute Gasteiger partial charge is 0.504 e. The van der Waals surface area contributed by atoms with Gasteiger partial charge in [-0.1, -0.05) is 6.07 Å². The summed E-state index contributed by atoms with van der Waals surface area (Å²) in [6, 6.07) is 4.95. The fourth-order valence-corrected chi connectivity index (χ4v) is 10.9. The fourth-order valence-electron chi connectivity index (χ4n) is 10.9. The lowest BCUT2D eigenvalue weighted by Crippen LogP contribution is -2.69. The normalized spacial score (nSPS) is 32.3. The van der Waals surface area contributed by atoms with Gasteiger partial charge in [0.05, 0.1) is 51.9 Å². The Bertz CT molecular complexity index is 2190. The lowest BCUT2D eigenvalue weighted by molar-refractivity contribution is -0.280. The summed E-state index contributed by atoms with van der Waals surface area (Å²) >= 11 is 0. The van der Waals surface area contributed by atoms with Crippen LogP contribution in [0, 0.1) is 6.92 Å². The topological polar surface area (TPSA) is 167 Å². The van der Waals surface area contributed by atoms with Crippen LogP contribution < -0.4 is 29.0 Å². The number of aliphatic hydroxyl groups is 1. The number of phenolic OH excluding ortho intramolecular Hbond substituents is 1. The van der Waals surface area contributed by atoms with E-state index < -0.39 is 53.7 Å². The second-order valence-electron chi connectivity index (χ2n) is 15.5. The first-order valence-corrected chi connectivity index (χ1v) is 18.6. The molecule has 7 heterocycles. The quantitative estimate of drug-likeness (QED) is 0.333. The summed E-state index contributed by atoms with van der Waals surface area (Å²) in [6.45, 7) is 3.41. The maximum Gasteiger partial charge on any atom is 0.331 e. The monoisotopic (exact) mass is 757 g/mol. The number of fused-ring (bicyclic) bond motifs is 11. The van der Waals surface area contributed by atoms with Crippen molar-refractivity contribution in [2.45, 2.75) is 80.9 Å². The Morgan fingerprint density at radius 3 is 2.53 bits per heavy atom. The molecule has 7 bridgehead atoms. The molecule has 15 nitrogen and oxygen atoms in total. The number of esters is 2. The van der Waals surface area contributed by atoms with E-state index in [9.17, 15) is 15.0 Å². The van der Waals surface area contributed by atoms with Crippen LogP contribution in [0.2, 0.25) is 0 Å². The summed E-state index contributed by atoms with van der Waals surface area (Å²) in [6.07, 6.45) is -1.13. The Hall–Kier alpha value is -4.80. The molecule has 3 aromatic rings. The molecule has 55 heavy (non-hydrogen) atoms. The van der Waals surface area contributed by atoms with Crippen molar-refractivity contribution in [3.05, 3.63) is 68.8 Å². The first-order valence-electron chi connectivity index (χ1n) is 18.6. The highest BCUT2D eigenvalue weighted by molar-refractivity contribution is 5.85. The molecule has 8 unspecified atom stereocenters. The van der Waals surface area contributed by atoms with Gasteiger partial charge < -0.3 is 48.1 Å². The maximum absolute atomic E-state index is 15.0. The Balaban J connectivity index is 1.26. The minimum absolute atomic E-state index is 0.0460. The summed E-state index contributed by atoms with van der Waals surface area (Å²) in [7, 11) is 6.67.